The Balaban J connectivity index is 0.00000232. The van der Waals surface area contributed by atoms with Crippen molar-refractivity contribution >= 4 is 15.4 Å². The van der Waals surface area contributed by atoms with Crippen molar-refractivity contribution in [2.24, 2.45) is 11.3 Å². The summed E-state index contributed by atoms with van der Waals surface area (Å²) in [6.07, 6.45) is 18.3. The molecular formula is C49H52Cl2Zr. The molecule has 0 amide bonds. The molecule has 1 atom stereocenters. The zero-order chi connectivity index (χ0) is 35.0. The van der Waals surface area contributed by atoms with Crippen LogP contribution in [0.5, 0.6) is 0 Å². The van der Waals surface area contributed by atoms with Crippen LogP contribution in [0.2, 0.25) is 0 Å². The Morgan fingerprint density at radius 2 is 1.13 bits per heavy atom. The van der Waals surface area contributed by atoms with Crippen molar-refractivity contribution < 1.29 is 46.1 Å². The zero-order valence-corrected chi connectivity index (χ0v) is 36.0. The third-order valence-electron chi connectivity index (χ3n) is 12.0. The fraction of sp³-hybridized carbons (Fsp3) is 0.327. The van der Waals surface area contributed by atoms with Crippen LogP contribution in [0.4, 0.5) is 0 Å². The third kappa shape index (κ3) is 6.85. The van der Waals surface area contributed by atoms with Crippen LogP contribution in [0.15, 0.2) is 118 Å². The summed E-state index contributed by atoms with van der Waals surface area (Å²) in [5.74, 6) is 0.507. The molecule has 1 unspecified atom stereocenters. The molecule has 0 saturated carbocycles. The molecule has 0 heterocycles. The fourth-order valence-electron chi connectivity index (χ4n) is 9.08. The fourth-order valence-corrected chi connectivity index (χ4v) is 19.0. The smallest absolute Gasteiger partial charge is 1.00 e. The predicted octanol–water partition coefficient (Wildman–Crippen LogP) is 6.55. The van der Waals surface area contributed by atoms with Gasteiger partial charge in [0.25, 0.3) is 0 Å². The Morgan fingerprint density at radius 3 is 1.56 bits per heavy atom. The molecule has 4 aromatic rings. The van der Waals surface area contributed by atoms with Crippen LogP contribution in [-0.2, 0) is 44.9 Å². The van der Waals surface area contributed by atoms with Crippen molar-refractivity contribution in [1.29, 1.82) is 0 Å². The molecule has 0 saturated heterocycles. The number of halogens is 2. The van der Waals surface area contributed by atoms with E-state index in [0.717, 1.165) is 19.3 Å². The van der Waals surface area contributed by atoms with Crippen molar-refractivity contribution in [2.75, 3.05) is 0 Å². The molecule has 0 bridgehead atoms. The molecule has 0 nitrogen and oxygen atoms in total. The van der Waals surface area contributed by atoms with Crippen LogP contribution >= 0.6 is 0 Å². The molecule has 3 heteroatoms. The molecular weight excluding hydrogens is 751 g/mol. The normalized spacial score (nSPS) is 18.2. The van der Waals surface area contributed by atoms with Crippen LogP contribution < -0.4 is 24.8 Å². The maximum atomic E-state index is 2.73. The number of rotatable bonds is 7. The van der Waals surface area contributed by atoms with E-state index >= 15 is 0 Å². The second-order valence-electron chi connectivity index (χ2n) is 17.4. The van der Waals surface area contributed by atoms with E-state index in [4.69, 9.17) is 0 Å². The second-order valence-corrected chi connectivity index (χ2v) is 24.0. The SMILES string of the molecule is CCC1C=C(C(C)(C)C)C=[C]1[Zr+2](=[C](Cc1ccccc1)Cc1ccccc1)[CH]1c2cc3c(cc2-c2cc4c(cc21)C(C)(C)C=C4)C=CC3(C)C.[Cl-].[Cl-]. The number of hydrogen-bond acceptors (Lipinski definition) is 0. The van der Waals surface area contributed by atoms with Crippen molar-refractivity contribution in [3.63, 3.8) is 0 Å². The topological polar surface area (TPSA) is 0 Å². The third-order valence-corrected chi connectivity index (χ3v) is 20.5. The van der Waals surface area contributed by atoms with Gasteiger partial charge in [-0.3, -0.25) is 0 Å². The van der Waals surface area contributed by atoms with E-state index in [1.165, 1.54) is 50.1 Å². The van der Waals surface area contributed by atoms with Crippen LogP contribution in [0, 0.1) is 11.3 Å². The summed E-state index contributed by atoms with van der Waals surface area (Å²) in [5, 5.41) is 0. The van der Waals surface area contributed by atoms with Gasteiger partial charge in [0.15, 0.2) is 0 Å². The summed E-state index contributed by atoms with van der Waals surface area (Å²) in [5.41, 5.74) is 16.6. The van der Waals surface area contributed by atoms with Gasteiger partial charge in [0.2, 0.25) is 0 Å². The van der Waals surface area contributed by atoms with E-state index in [1.807, 2.05) is 3.21 Å². The first-order valence-electron chi connectivity index (χ1n) is 18.8. The van der Waals surface area contributed by atoms with E-state index in [0.29, 0.717) is 9.54 Å². The number of benzene rings is 4. The van der Waals surface area contributed by atoms with Crippen molar-refractivity contribution in [2.45, 2.75) is 89.1 Å². The predicted molar refractivity (Wildman–Crippen MR) is 213 cm³/mol. The van der Waals surface area contributed by atoms with Gasteiger partial charge in [0, 0.05) is 0 Å². The average Bonchev–Trinajstić information content (AvgIpc) is 3.82. The van der Waals surface area contributed by atoms with Gasteiger partial charge in [0.05, 0.1) is 0 Å². The largest absolute Gasteiger partial charge is 1.00 e. The van der Waals surface area contributed by atoms with Crippen LogP contribution in [-0.4, -0.2) is 3.21 Å². The Labute approximate surface area is 333 Å². The van der Waals surface area contributed by atoms with Crippen LogP contribution in [0.25, 0.3) is 23.3 Å². The summed E-state index contributed by atoms with van der Waals surface area (Å²) in [7, 11) is 0. The summed E-state index contributed by atoms with van der Waals surface area (Å²) in [4.78, 5) is 0. The van der Waals surface area contributed by atoms with Gasteiger partial charge in [-0.25, -0.2) is 0 Å². The maximum absolute atomic E-state index is 2.81. The second kappa shape index (κ2) is 14.4. The number of allylic oxidation sites excluding steroid dienone is 6. The minimum absolute atomic E-state index is 0. The van der Waals surface area contributed by atoms with Gasteiger partial charge in [0.1, 0.15) is 0 Å². The van der Waals surface area contributed by atoms with Gasteiger partial charge < -0.3 is 24.8 Å². The van der Waals surface area contributed by atoms with Crippen molar-refractivity contribution in [1.82, 2.24) is 0 Å². The maximum Gasteiger partial charge on any atom is -1.00 e. The monoisotopic (exact) mass is 800 g/mol. The molecule has 4 aromatic carbocycles. The zero-order valence-electron chi connectivity index (χ0n) is 32.1. The van der Waals surface area contributed by atoms with E-state index in [9.17, 15) is 0 Å². The van der Waals surface area contributed by atoms with E-state index in [2.05, 4.69) is 177 Å². The Kier molecular flexibility index (Phi) is 10.8. The molecule has 8 rings (SSSR count). The van der Waals surface area contributed by atoms with Gasteiger partial charge >= 0.3 is 311 Å². The van der Waals surface area contributed by atoms with Crippen molar-refractivity contribution in [3.8, 4) is 11.1 Å². The van der Waals surface area contributed by atoms with Crippen molar-refractivity contribution in [3.05, 3.63) is 163 Å². The van der Waals surface area contributed by atoms with E-state index in [-0.39, 0.29) is 41.1 Å². The molecule has 266 valence electrons. The number of hydrogen-bond donors (Lipinski definition) is 0. The van der Waals surface area contributed by atoms with E-state index in [1.54, 1.807) is 14.4 Å². The van der Waals surface area contributed by atoms with Gasteiger partial charge in [-0.15, -0.1) is 0 Å². The molecule has 0 aromatic heterocycles. The molecule has 0 aliphatic heterocycles. The first kappa shape index (κ1) is 38.9. The van der Waals surface area contributed by atoms with Gasteiger partial charge in [-0.2, -0.15) is 0 Å². The first-order chi connectivity index (χ1) is 23.8. The quantitative estimate of drug-likeness (QED) is 0.199. The Hall–Kier alpha value is -2.83. The molecule has 0 radical (unpaired) electrons. The van der Waals surface area contributed by atoms with Gasteiger partial charge in [-0.1, -0.05) is 0 Å². The van der Waals surface area contributed by atoms with Crippen LogP contribution in [0.1, 0.15) is 110 Å². The van der Waals surface area contributed by atoms with Crippen LogP contribution in [0.3, 0.4) is 0 Å². The molecule has 0 spiro atoms. The standard InChI is InChI=1S/C23H21.C15H14.C11H17.2ClH.Zr/c1-22(2)7-5-14-10-18-16(12-20(14)22)9-17-13-21-15(11-19(17)18)6-8-23(21,3)4;1-3-8-14(9-4-1)12-7-13-15-10-5-2-6-11-15;1-5-9-6-7-10(8-9)11(2,3)4;;;/h5-13H,1-4H3;1-6,8-11H,12-13H2;7-9H,5H2,1-4H3;2*1H;/q;;;;;+2/p-2. The minimum Gasteiger partial charge on any atom is -1.00 e. The Bertz CT molecular complexity index is 2040. The summed E-state index contributed by atoms with van der Waals surface area (Å²) >= 11 is -2.81. The molecule has 52 heavy (non-hydrogen) atoms. The summed E-state index contributed by atoms with van der Waals surface area (Å²) in [6, 6.07) is 33.2. The Morgan fingerprint density at radius 1 is 0.673 bits per heavy atom. The minimum atomic E-state index is -2.81. The summed E-state index contributed by atoms with van der Waals surface area (Å²) < 4.78 is 4.06. The number of fused-ring (bicyclic) bond motifs is 5. The first-order valence-corrected chi connectivity index (χ1v) is 22.7. The summed E-state index contributed by atoms with van der Waals surface area (Å²) in [6.45, 7) is 19.2. The molecule has 4 aliphatic rings. The van der Waals surface area contributed by atoms with E-state index < -0.39 is 21.3 Å². The molecule has 0 N–H and O–H groups in total. The molecule has 4 aliphatic carbocycles. The van der Waals surface area contributed by atoms with Gasteiger partial charge in [-0.05, 0) is 0 Å². The molecule has 0 fully saturated rings. The average molecular weight is 803 g/mol.